The Morgan fingerprint density at radius 2 is 1.95 bits per heavy atom. The SMILES string of the molecule is Cc1ccc(Cl)c(NC(=O)c2cccc(C)c2O)c1. The molecule has 0 bridgehead atoms. The smallest absolute Gasteiger partial charge is 0.259 e. The Balaban J connectivity index is 2.31. The summed E-state index contributed by atoms with van der Waals surface area (Å²) < 4.78 is 0. The number of aryl methyl sites for hydroxylation is 2. The van der Waals surface area contributed by atoms with Crippen LogP contribution in [-0.4, -0.2) is 11.0 Å². The standard InChI is InChI=1S/C15H14ClNO2/c1-9-6-7-12(16)13(8-9)17-15(19)11-5-3-4-10(2)14(11)18/h3-8,18H,1-2H3,(H,17,19). The molecule has 2 N–H and O–H groups in total. The van der Waals surface area contributed by atoms with E-state index in [1.165, 1.54) is 0 Å². The monoisotopic (exact) mass is 275 g/mol. The van der Waals surface area contributed by atoms with Crippen LogP contribution in [0.3, 0.4) is 0 Å². The van der Waals surface area contributed by atoms with Crippen LogP contribution in [0.15, 0.2) is 36.4 Å². The molecule has 19 heavy (non-hydrogen) atoms. The molecule has 2 rings (SSSR count). The number of carbonyl (C=O) groups excluding carboxylic acids is 1. The quantitative estimate of drug-likeness (QED) is 0.873. The number of carbonyl (C=O) groups is 1. The van der Waals surface area contributed by atoms with Crippen molar-refractivity contribution < 1.29 is 9.90 Å². The van der Waals surface area contributed by atoms with Crippen molar-refractivity contribution >= 4 is 23.2 Å². The van der Waals surface area contributed by atoms with E-state index in [2.05, 4.69) is 5.32 Å². The van der Waals surface area contributed by atoms with Crippen molar-refractivity contribution in [3.63, 3.8) is 0 Å². The van der Waals surface area contributed by atoms with Gasteiger partial charge in [-0.15, -0.1) is 0 Å². The van der Waals surface area contributed by atoms with Crippen LogP contribution < -0.4 is 5.32 Å². The maximum absolute atomic E-state index is 12.1. The Labute approximate surface area is 116 Å². The van der Waals surface area contributed by atoms with Gasteiger partial charge in [-0.3, -0.25) is 4.79 Å². The van der Waals surface area contributed by atoms with E-state index in [0.29, 0.717) is 16.3 Å². The predicted molar refractivity (Wildman–Crippen MR) is 77.0 cm³/mol. The number of anilines is 1. The van der Waals surface area contributed by atoms with E-state index in [1.54, 1.807) is 37.3 Å². The summed E-state index contributed by atoms with van der Waals surface area (Å²) in [4.78, 5) is 12.1. The van der Waals surface area contributed by atoms with Crippen molar-refractivity contribution in [3.05, 3.63) is 58.1 Å². The molecule has 1 amide bonds. The summed E-state index contributed by atoms with van der Waals surface area (Å²) in [7, 11) is 0. The Hall–Kier alpha value is -2.00. The van der Waals surface area contributed by atoms with Gasteiger partial charge in [0.1, 0.15) is 5.75 Å². The number of hydrogen-bond acceptors (Lipinski definition) is 2. The molecule has 0 aliphatic heterocycles. The molecule has 0 aliphatic carbocycles. The molecule has 0 aromatic heterocycles. The van der Waals surface area contributed by atoms with Crippen molar-refractivity contribution in [1.29, 1.82) is 0 Å². The highest BCUT2D eigenvalue weighted by Gasteiger charge is 2.13. The van der Waals surface area contributed by atoms with Crippen molar-refractivity contribution in [2.75, 3.05) is 5.32 Å². The van der Waals surface area contributed by atoms with Crippen LogP contribution in [0.2, 0.25) is 5.02 Å². The minimum Gasteiger partial charge on any atom is -0.507 e. The molecule has 0 aliphatic rings. The molecule has 2 aromatic carbocycles. The summed E-state index contributed by atoms with van der Waals surface area (Å²) in [6.07, 6.45) is 0. The lowest BCUT2D eigenvalue weighted by molar-refractivity contribution is 0.102. The molecule has 0 saturated carbocycles. The van der Waals surface area contributed by atoms with E-state index in [4.69, 9.17) is 11.6 Å². The summed E-state index contributed by atoms with van der Waals surface area (Å²) in [6, 6.07) is 10.4. The summed E-state index contributed by atoms with van der Waals surface area (Å²) in [6.45, 7) is 3.65. The van der Waals surface area contributed by atoms with E-state index in [0.717, 1.165) is 5.56 Å². The molecule has 0 atom stereocenters. The number of phenolic OH excluding ortho intramolecular Hbond substituents is 1. The zero-order valence-corrected chi connectivity index (χ0v) is 11.5. The van der Waals surface area contributed by atoms with Gasteiger partial charge >= 0.3 is 0 Å². The Kier molecular flexibility index (Phi) is 3.76. The van der Waals surface area contributed by atoms with Crippen LogP contribution >= 0.6 is 11.6 Å². The third kappa shape index (κ3) is 2.88. The van der Waals surface area contributed by atoms with Crippen LogP contribution in [0.25, 0.3) is 0 Å². The number of nitrogens with one attached hydrogen (secondary N) is 1. The van der Waals surface area contributed by atoms with Crippen LogP contribution in [0, 0.1) is 13.8 Å². The van der Waals surface area contributed by atoms with Gasteiger partial charge in [-0.1, -0.05) is 29.8 Å². The predicted octanol–water partition coefficient (Wildman–Crippen LogP) is 3.91. The number of hydrogen-bond donors (Lipinski definition) is 2. The lowest BCUT2D eigenvalue weighted by atomic mass is 10.1. The fraction of sp³-hybridized carbons (Fsp3) is 0.133. The topological polar surface area (TPSA) is 49.3 Å². The Morgan fingerprint density at radius 3 is 2.68 bits per heavy atom. The van der Waals surface area contributed by atoms with Crippen molar-refractivity contribution in [2.24, 2.45) is 0 Å². The average molecular weight is 276 g/mol. The van der Waals surface area contributed by atoms with Crippen LogP contribution in [0.4, 0.5) is 5.69 Å². The van der Waals surface area contributed by atoms with Gasteiger partial charge in [0.05, 0.1) is 16.3 Å². The molecule has 0 heterocycles. The van der Waals surface area contributed by atoms with Crippen molar-refractivity contribution in [2.45, 2.75) is 13.8 Å². The van der Waals surface area contributed by atoms with E-state index in [1.807, 2.05) is 13.0 Å². The molecule has 2 aromatic rings. The maximum Gasteiger partial charge on any atom is 0.259 e. The lowest BCUT2D eigenvalue weighted by Crippen LogP contribution is -2.12. The number of halogens is 1. The zero-order valence-electron chi connectivity index (χ0n) is 10.7. The highest BCUT2D eigenvalue weighted by atomic mass is 35.5. The highest BCUT2D eigenvalue weighted by Crippen LogP contribution is 2.26. The molecule has 98 valence electrons. The summed E-state index contributed by atoms with van der Waals surface area (Å²) in [5.41, 5.74) is 2.42. The fourth-order valence-corrected chi connectivity index (χ4v) is 1.93. The van der Waals surface area contributed by atoms with E-state index < -0.39 is 0 Å². The second-order valence-corrected chi connectivity index (χ2v) is 4.82. The third-order valence-electron chi connectivity index (χ3n) is 2.85. The molecule has 0 saturated heterocycles. The Bertz CT molecular complexity index is 638. The molecule has 3 nitrogen and oxygen atoms in total. The first-order valence-corrected chi connectivity index (χ1v) is 6.23. The van der Waals surface area contributed by atoms with Gasteiger partial charge in [0.15, 0.2) is 0 Å². The minimum absolute atomic E-state index is 0.0104. The zero-order chi connectivity index (χ0) is 14.0. The number of amides is 1. The lowest BCUT2D eigenvalue weighted by Gasteiger charge is -2.10. The second kappa shape index (κ2) is 5.33. The first kappa shape index (κ1) is 13.4. The normalized spacial score (nSPS) is 10.3. The van der Waals surface area contributed by atoms with Crippen LogP contribution in [0.5, 0.6) is 5.75 Å². The van der Waals surface area contributed by atoms with Gasteiger partial charge in [0.2, 0.25) is 0 Å². The minimum atomic E-state index is -0.381. The maximum atomic E-state index is 12.1. The van der Waals surface area contributed by atoms with Crippen molar-refractivity contribution in [1.82, 2.24) is 0 Å². The first-order chi connectivity index (χ1) is 8.99. The molecular formula is C15H14ClNO2. The summed E-state index contributed by atoms with van der Waals surface area (Å²) >= 11 is 6.02. The van der Waals surface area contributed by atoms with Gasteiger partial charge in [-0.05, 0) is 43.2 Å². The van der Waals surface area contributed by atoms with Crippen LogP contribution in [0.1, 0.15) is 21.5 Å². The molecule has 0 unspecified atom stereocenters. The molecule has 0 fully saturated rings. The average Bonchev–Trinajstić information content (AvgIpc) is 2.37. The first-order valence-electron chi connectivity index (χ1n) is 5.85. The van der Waals surface area contributed by atoms with E-state index in [-0.39, 0.29) is 17.2 Å². The number of phenols is 1. The number of aromatic hydroxyl groups is 1. The molecular weight excluding hydrogens is 262 g/mol. The summed E-state index contributed by atoms with van der Waals surface area (Å²) in [5.74, 6) is -0.391. The third-order valence-corrected chi connectivity index (χ3v) is 3.18. The molecule has 4 heteroatoms. The Morgan fingerprint density at radius 1 is 1.21 bits per heavy atom. The van der Waals surface area contributed by atoms with Gasteiger partial charge in [0, 0.05) is 0 Å². The number of benzene rings is 2. The van der Waals surface area contributed by atoms with Gasteiger partial charge < -0.3 is 10.4 Å². The van der Waals surface area contributed by atoms with E-state index >= 15 is 0 Å². The van der Waals surface area contributed by atoms with Gasteiger partial charge in [-0.2, -0.15) is 0 Å². The second-order valence-electron chi connectivity index (χ2n) is 4.41. The van der Waals surface area contributed by atoms with Gasteiger partial charge in [0.25, 0.3) is 5.91 Å². The fourth-order valence-electron chi connectivity index (χ4n) is 1.77. The van der Waals surface area contributed by atoms with Crippen molar-refractivity contribution in [3.8, 4) is 5.75 Å². The largest absolute Gasteiger partial charge is 0.507 e. The van der Waals surface area contributed by atoms with E-state index in [9.17, 15) is 9.90 Å². The van der Waals surface area contributed by atoms with Crippen LogP contribution in [-0.2, 0) is 0 Å². The number of para-hydroxylation sites is 1. The summed E-state index contributed by atoms with van der Waals surface area (Å²) in [5, 5.41) is 13.0. The molecule has 0 spiro atoms. The number of rotatable bonds is 2. The molecule has 0 radical (unpaired) electrons. The highest BCUT2D eigenvalue weighted by molar-refractivity contribution is 6.34. The van der Waals surface area contributed by atoms with Gasteiger partial charge in [-0.25, -0.2) is 0 Å².